The molecule has 0 atom stereocenters. The lowest BCUT2D eigenvalue weighted by Gasteiger charge is -2.03. The van der Waals surface area contributed by atoms with Gasteiger partial charge in [-0.15, -0.1) is 0 Å². The second kappa shape index (κ2) is 9.27. The van der Waals surface area contributed by atoms with Crippen LogP contribution in [0.5, 0.6) is 0 Å². The third-order valence-corrected chi connectivity index (χ3v) is 3.84. The van der Waals surface area contributed by atoms with Crippen molar-refractivity contribution in [3.05, 3.63) is 76.2 Å². The fourth-order valence-corrected chi connectivity index (χ4v) is 2.45. The van der Waals surface area contributed by atoms with E-state index < -0.39 is 4.92 Å². The summed E-state index contributed by atoms with van der Waals surface area (Å²) in [4.78, 5) is 26.0. The van der Waals surface area contributed by atoms with Crippen LogP contribution in [-0.2, 0) is 16.1 Å². The minimum Gasteiger partial charge on any atom is -0.463 e. The van der Waals surface area contributed by atoms with Gasteiger partial charge in [-0.25, -0.2) is 4.79 Å². The second-order valence-corrected chi connectivity index (χ2v) is 5.88. The Bertz CT molecular complexity index is 1030. The summed E-state index contributed by atoms with van der Waals surface area (Å²) >= 11 is 0. The molecule has 29 heavy (non-hydrogen) atoms. The van der Waals surface area contributed by atoms with Gasteiger partial charge in [-0.1, -0.05) is 29.4 Å². The molecule has 0 unspecified atom stereocenters. The number of carbonyl (C=O) groups is 1. The van der Waals surface area contributed by atoms with E-state index in [2.05, 4.69) is 15.5 Å². The number of rotatable bonds is 8. The zero-order valence-electron chi connectivity index (χ0n) is 15.6. The van der Waals surface area contributed by atoms with Crippen LogP contribution >= 0.6 is 0 Å². The molecular formula is C20H18N4O5. The quantitative estimate of drug-likeness (QED) is 0.265. The molecule has 3 rings (SSSR count). The third kappa shape index (κ3) is 5.48. The number of benzene rings is 2. The summed E-state index contributed by atoms with van der Waals surface area (Å²) in [5, 5.41) is 17.9. The van der Waals surface area contributed by atoms with Crippen molar-refractivity contribution in [2.75, 3.05) is 11.9 Å². The van der Waals surface area contributed by atoms with E-state index in [0.29, 0.717) is 24.6 Å². The lowest BCUT2D eigenvalue weighted by molar-refractivity contribution is -0.384. The van der Waals surface area contributed by atoms with Crippen LogP contribution in [0, 0.1) is 10.1 Å². The van der Waals surface area contributed by atoms with Crippen molar-refractivity contribution in [1.82, 2.24) is 10.1 Å². The zero-order valence-corrected chi connectivity index (χ0v) is 15.6. The van der Waals surface area contributed by atoms with Crippen molar-refractivity contribution in [3.8, 4) is 11.4 Å². The lowest BCUT2D eigenvalue weighted by atomic mass is 10.2. The number of carbonyl (C=O) groups excluding carboxylic acids is 1. The fourth-order valence-electron chi connectivity index (χ4n) is 2.45. The van der Waals surface area contributed by atoms with Gasteiger partial charge in [-0.3, -0.25) is 10.1 Å². The molecule has 1 heterocycles. The van der Waals surface area contributed by atoms with Gasteiger partial charge >= 0.3 is 5.97 Å². The highest BCUT2D eigenvalue weighted by Crippen LogP contribution is 2.21. The second-order valence-electron chi connectivity index (χ2n) is 5.88. The number of hydrogen-bond donors (Lipinski definition) is 1. The van der Waals surface area contributed by atoms with Gasteiger partial charge in [-0.2, -0.15) is 4.98 Å². The highest BCUT2D eigenvalue weighted by atomic mass is 16.6. The Morgan fingerprint density at radius 1 is 1.28 bits per heavy atom. The molecule has 9 heteroatoms. The number of aromatic nitrogens is 2. The molecule has 0 fully saturated rings. The Balaban J connectivity index is 1.59. The van der Waals surface area contributed by atoms with Crippen molar-refractivity contribution in [1.29, 1.82) is 0 Å². The molecule has 0 aliphatic rings. The summed E-state index contributed by atoms with van der Waals surface area (Å²) in [6.07, 6.45) is 3.05. The number of nitrogens with one attached hydrogen (secondary N) is 1. The molecule has 148 valence electrons. The minimum absolute atomic E-state index is 0.0379. The van der Waals surface area contributed by atoms with Gasteiger partial charge in [0.25, 0.3) is 5.69 Å². The van der Waals surface area contributed by atoms with Crippen LogP contribution in [0.4, 0.5) is 11.4 Å². The lowest BCUT2D eigenvalue weighted by Crippen LogP contribution is -2.00. The summed E-state index contributed by atoms with van der Waals surface area (Å²) in [6, 6.07) is 13.4. The first kappa shape index (κ1) is 19.7. The van der Waals surface area contributed by atoms with Gasteiger partial charge in [0.05, 0.1) is 18.1 Å². The summed E-state index contributed by atoms with van der Waals surface area (Å²) in [7, 11) is 0. The standard InChI is InChI=1S/C20H18N4O5/c1-2-28-19(25)11-8-14-6-9-16(10-7-14)21-13-18-22-20(23-29-18)15-4-3-5-17(12-15)24(26)27/h3-12,21H,2,13H2,1H3/b11-8+. The fraction of sp³-hybridized carbons (Fsp3) is 0.150. The normalized spacial score (nSPS) is 10.8. The number of nitrogens with zero attached hydrogens (tertiary/aromatic N) is 3. The van der Waals surface area contributed by atoms with Crippen LogP contribution in [-0.4, -0.2) is 27.6 Å². The maximum Gasteiger partial charge on any atom is 0.330 e. The van der Waals surface area contributed by atoms with Crippen LogP contribution in [0.3, 0.4) is 0 Å². The third-order valence-electron chi connectivity index (χ3n) is 3.84. The summed E-state index contributed by atoms with van der Waals surface area (Å²) in [6.45, 7) is 2.38. The van der Waals surface area contributed by atoms with Crippen molar-refractivity contribution in [2.24, 2.45) is 0 Å². The molecule has 9 nitrogen and oxygen atoms in total. The van der Waals surface area contributed by atoms with Crippen LogP contribution in [0.25, 0.3) is 17.5 Å². The zero-order chi connectivity index (χ0) is 20.6. The Morgan fingerprint density at radius 2 is 2.07 bits per heavy atom. The van der Waals surface area contributed by atoms with Crippen molar-refractivity contribution >= 4 is 23.4 Å². The largest absolute Gasteiger partial charge is 0.463 e. The molecule has 0 saturated heterocycles. The molecule has 0 bridgehead atoms. The predicted octanol–water partition coefficient (Wildman–Crippen LogP) is 3.83. The molecular weight excluding hydrogens is 376 g/mol. The first-order valence-electron chi connectivity index (χ1n) is 8.81. The van der Waals surface area contributed by atoms with Gasteiger partial charge in [-0.05, 0) is 30.7 Å². The van der Waals surface area contributed by atoms with Gasteiger partial charge in [0.15, 0.2) is 0 Å². The molecule has 1 aromatic heterocycles. The maximum atomic E-state index is 11.3. The number of ether oxygens (including phenoxy) is 1. The van der Waals surface area contributed by atoms with E-state index in [1.54, 1.807) is 25.1 Å². The van der Waals surface area contributed by atoms with Crippen LogP contribution in [0.15, 0.2) is 59.1 Å². The van der Waals surface area contributed by atoms with E-state index in [4.69, 9.17) is 9.26 Å². The van der Waals surface area contributed by atoms with Gasteiger partial charge in [0, 0.05) is 29.5 Å². The SMILES string of the molecule is CCOC(=O)/C=C/c1ccc(NCc2nc(-c3cccc([N+](=O)[O-])c3)no2)cc1. The van der Waals surface area contributed by atoms with E-state index in [9.17, 15) is 14.9 Å². The van der Waals surface area contributed by atoms with Crippen LogP contribution in [0.1, 0.15) is 18.4 Å². The summed E-state index contributed by atoms with van der Waals surface area (Å²) in [5.74, 6) is 0.244. The summed E-state index contributed by atoms with van der Waals surface area (Å²) in [5.41, 5.74) is 2.15. The molecule has 0 aliphatic heterocycles. The van der Waals surface area contributed by atoms with Crippen molar-refractivity contribution < 1.29 is 19.0 Å². The molecule has 3 aromatic rings. The maximum absolute atomic E-state index is 11.3. The molecule has 0 amide bonds. The first-order valence-corrected chi connectivity index (χ1v) is 8.81. The number of nitro groups is 1. The van der Waals surface area contributed by atoms with E-state index >= 15 is 0 Å². The summed E-state index contributed by atoms with van der Waals surface area (Å²) < 4.78 is 10.0. The Kier molecular flexibility index (Phi) is 6.31. The minimum atomic E-state index is -0.475. The van der Waals surface area contributed by atoms with Crippen LogP contribution < -0.4 is 5.32 Å². The highest BCUT2D eigenvalue weighted by Gasteiger charge is 2.12. The predicted molar refractivity (Wildman–Crippen MR) is 106 cm³/mol. The smallest absolute Gasteiger partial charge is 0.330 e. The van der Waals surface area contributed by atoms with Crippen molar-refractivity contribution in [3.63, 3.8) is 0 Å². The van der Waals surface area contributed by atoms with E-state index in [-0.39, 0.29) is 17.5 Å². The average molecular weight is 394 g/mol. The topological polar surface area (TPSA) is 120 Å². The average Bonchev–Trinajstić information content (AvgIpc) is 3.21. The monoisotopic (exact) mass is 394 g/mol. The molecule has 1 N–H and O–H groups in total. The molecule has 0 aliphatic carbocycles. The van der Waals surface area contributed by atoms with Gasteiger partial charge < -0.3 is 14.6 Å². The molecule has 2 aromatic carbocycles. The number of anilines is 1. The molecule has 0 saturated carbocycles. The highest BCUT2D eigenvalue weighted by molar-refractivity contribution is 5.87. The van der Waals surface area contributed by atoms with Crippen molar-refractivity contribution in [2.45, 2.75) is 13.5 Å². The van der Waals surface area contributed by atoms with Gasteiger partial charge in [0.1, 0.15) is 0 Å². The Labute approximate surface area is 166 Å². The first-order chi connectivity index (χ1) is 14.0. The molecule has 0 spiro atoms. The van der Waals surface area contributed by atoms with Crippen LogP contribution in [0.2, 0.25) is 0 Å². The number of esters is 1. The number of non-ortho nitro benzene ring substituents is 1. The van der Waals surface area contributed by atoms with E-state index in [0.717, 1.165) is 11.3 Å². The molecule has 0 radical (unpaired) electrons. The Morgan fingerprint density at radius 3 is 2.79 bits per heavy atom. The Hall–Kier alpha value is -4.01. The van der Waals surface area contributed by atoms with E-state index in [1.807, 2.05) is 24.3 Å². The van der Waals surface area contributed by atoms with Gasteiger partial charge in [0.2, 0.25) is 11.7 Å². The van der Waals surface area contributed by atoms with E-state index in [1.165, 1.54) is 18.2 Å². The number of nitro benzene ring substituents is 1. The number of hydrogen-bond acceptors (Lipinski definition) is 8.